The van der Waals surface area contributed by atoms with Crippen molar-refractivity contribution in [3.05, 3.63) is 93.8 Å². The molecule has 0 fully saturated rings. The predicted octanol–water partition coefficient (Wildman–Crippen LogP) is 4.76. The maximum atomic E-state index is 12.7. The number of methoxy groups -OCH3 is 1. The number of rotatable bonds is 5. The molecule has 0 atom stereocenters. The number of halogens is 1. The lowest BCUT2D eigenvalue weighted by molar-refractivity contribution is 0.0935. The van der Waals surface area contributed by atoms with Gasteiger partial charge in [-0.05, 0) is 66.8 Å². The fourth-order valence-electron chi connectivity index (χ4n) is 3.19. The van der Waals surface area contributed by atoms with Crippen LogP contribution in [-0.4, -0.2) is 29.9 Å². The van der Waals surface area contributed by atoms with Crippen molar-refractivity contribution in [2.75, 3.05) is 12.4 Å². The number of anilines is 1. The molecule has 8 nitrogen and oxygen atoms in total. The standard InChI is InChI=1S/C25H19ClN4O4S2/c1-34-17-11-12-18-19(13-17)36-21(20(18)26)24(33)28-25(35)30-29-23(32)15-7-9-16(10-8-15)27-22(31)14-5-3-2-4-6-14/h2-13H,1H3,(H,27,31)(H,29,32)(H2,28,30,33,35). The van der Waals surface area contributed by atoms with E-state index in [2.05, 4.69) is 21.5 Å². The lowest BCUT2D eigenvalue weighted by atomic mass is 10.2. The monoisotopic (exact) mass is 538 g/mol. The zero-order chi connectivity index (χ0) is 25.7. The maximum absolute atomic E-state index is 12.7. The second kappa shape index (κ2) is 11.2. The number of nitrogens with one attached hydrogen (secondary N) is 4. The molecule has 0 saturated heterocycles. The molecule has 3 aromatic carbocycles. The Balaban J connectivity index is 1.30. The van der Waals surface area contributed by atoms with Crippen LogP contribution >= 0.6 is 35.2 Å². The number of thiocarbonyl (C=S) groups is 1. The number of hydrazine groups is 1. The number of amides is 3. The van der Waals surface area contributed by atoms with E-state index in [-0.39, 0.29) is 15.9 Å². The number of thiophene rings is 1. The molecule has 0 spiro atoms. The van der Waals surface area contributed by atoms with Crippen LogP contribution in [0, 0.1) is 0 Å². The minimum absolute atomic E-state index is 0.105. The number of fused-ring (bicyclic) bond motifs is 1. The Labute approximate surface area is 220 Å². The van der Waals surface area contributed by atoms with Crippen LogP contribution in [0.2, 0.25) is 5.02 Å². The minimum Gasteiger partial charge on any atom is -0.497 e. The first-order valence-corrected chi connectivity index (χ1v) is 12.1. The predicted molar refractivity (Wildman–Crippen MR) is 145 cm³/mol. The molecule has 0 aliphatic heterocycles. The van der Waals surface area contributed by atoms with Gasteiger partial charge in [-0.25, -0.2) is 0 Å². The van der Waals surface area contributed by atoms with Crippen LogP contribution < -0.4 is 26.2 Å². The maximum Gasteiger partial charge on any atom is 0.269 e. The van der Waals surface area contributed by atoms with E-state index < -0.39 is 11.8 Å². The molecule has 0 saturated carbocycles. The molecule has 4 rings (SSSR count). The third kappa shape index (κ3) is 5.80. The Morgan fingerprint density at radius 3 is 2.25 bits per heavy atom. The molecule has 182 valence electrons. The van der Waals surface area contributed by atoms with Gasteiger partial charge in [-0.3, -0.25) is 30.6 Å². The largest absolute Gasteiger partial charge is 0.497 e. The number of carbonyl (C=O) groups is 3. The first-order valence-electron chi connectivity index (χ1n) is 10.5. The topological polar surface area (TPSA) is 109 Å². The summed E-state index contributed by atoms with van der Waals surface area (Å²) in [5.41, 5.74) is 6.29. The molecule has 36 heavy (non-hydrogen) atoms. The lowest BCUT2D eigenvalue weighted by Gasteiger charge is -2.11. The van der Waals surface area contributed by atoms with Gasteiger partial charge in [-0.2, -0.15) is 0 Å². The lowest BCUT2D eigenvalue weighted by Crippen LogP contribution is -2.48. The Kier molecular flexibility index (Phi) is 7.79. The van der Waals surface area contributed by atoms with Gasteiger partial charge in [-0.1, -0.05) is 29.8 Å². The fourth-order valence-corrected chi connectivity index (χ4v) is 4.78. The Hall–Kier alpha value is -3.99. The van der Waals surface area contributed by atoms with E-state index in [0.29, 0.717) is 27.6 Å². The van der Waals surface area contributed by atoms with E-state index in [1.165, 1.54) is 11.3 Å². The van der Waals surface area contributed by atoms with Crippen LogP contribution in [0.5, 0.6) is 5.75 Å². The second-order valence-electron chi connectivity index (χ2n) is 7.37. The third-order valence-electron chi connectivity index (χ3n) is 5.00. The zero-order valence-electron chi connectivity index (χ0n) is 18.8. The van der Waals surface area contributed by atoms with Crippen LogP contribution in [0.1, 0.15) is 30.4 Å². The Morgan fingerprint density at radius 2 is 1.56 bits per heavy atom. The average molecular weight is 539 g/mol. The smallest absolute Gasteiger partial charge is 0.269 e. The van der Waals surface area contributed by atoms with Gasteiger partial charge in [0.05, 0.1) is 12.1 Å². The summed E-state index contributed by atoms with van der Waals surface area (Å²) < 4.78 is 5.99. The van der Waals surface area contributed by atoms with Crippen molar-refractivity contribution in [2.45, 2.75) is 0 Å². The molecule has 0 radical (unpaired) electrons. The van der Waals surface area contributed by atoms with Crippen molar-refractivity contribution < 1.29 is 19.1 Å². The fraction of sp³-hybridized carbons (Fsp3) is 0.0400. The van der Waals surface area contributed by atoms with Crippen LogP contribution in [-0.2, 0) is 0 Å². The van der Waals surface area contributed by atoms with Gasteiger partial charge in [0.15, 0.2) is 5.11 Å². The van der Waals surface area contributed by atoms with Gasteiger partial charge in [0.1, 0.15) is 10.6 Å². The molecule has 0 aliphatic carbocycles. The van der Waals surface area contributed by atoms with Gasteiger partial charge in [0, 0.05) is 26.9 Å². The van der Waals surface area contributed by atoms with Crippen molar-refractivity contribution in [3.63, 3.8) is 0 Å². The highest BCUT2D eigenvalue weighted by Crippen LogP contribution is 2.37. The summed E-state index contributed by atoms with van der Waals surface area (Å²) in [4.78, 5) is 37.6. The molecular weight excluding hydrogens is 520 g/mol. The van der Waals surface area contributed by atoms with Gasteiger partial charge in [-0.15, -0.1) is 11.3 Å². The quantitative estimate of drug-likeness (QED) is 0.215. The average Bonchev–Trinajstić information content (AvgIpc) is 3.23. The number of carbonyl (C=O) groups excluding carboxylic acids is 3. The molecule has 3 amide bonds. The molecular formula is C25H19ClN4O4S2. The summed E-state index contributed by atoms with van der Waals surface area (Å²) in [5.74, 6) is -0.600. The van der Waals surface area contributed by atoms with Crippen LogP contribution in [0.3, 0.4) is 0 Å². The molecule has 0 bridgehead atoms. The summed E-state index contributed by atoms with van der Waals surface area (Å²) >= 11 is 12.7. The van der Waals surface area contributed by atoms with E-state index in [4.69, 9.17) is 28.6 Å². The SMILES string of the molecule is COc1ccc2c(Cl)c(C(=O)NC(=S)NNC(=O)c3ccc(NC(=O)c4ccccc4)cc3)sc2c1. The van der Waals surface area contributed by atoms with E-state index in [9.17, 15) is 14.4 Å². The summed E-state index contributed by atoms with van der Waals surface area (Å²) in [6.45, 7) is 0. The molecule has 1 aromatic heterocycles. The van der Waals surface area contributed by atoms with E-state index in [1.54, 1.807) is 73.8 Å². The summed E-state index contributed by atoms with van der Waals surface area (Å²) in [5, 5.41) is 6.18. The highest BCUT2D eigenvalue weighted by atomic mass is 35.5. The Bertz CT molecular complexity index is 1460. The zero-order valence-corrected chi connectivity index (χ0v) is 21.1. The third-order valence-corrected chi connectivity index (χ3v) is 6.86. The summed E-state index contributed by atoms with van der Waals surface area (Å²) in [6, 6.07) is 20.4. The van der Waals surface area contributed by atoms with Crippen molar-refractivity contribution in [2.24, 2.45) is 0 Å². The van der Waals surface area contributed by atoms with Gasteiger partial charge in [0.2, 0.25) is 0 Å². The number of hydrogen-bond acceptors (Lipinski definition) is 6. The molecule has 11 heteroatoms. The van der Waals surface area contributed by atoms with E-state index in [1.807, 2.05) is 6.07 Å². The van der Waals surface area contributed by atoms with Gasteiger partial charge < -0.3 is 10.1 Å². The summed E-state index contributed by atoms with van der Waals surface area (Å²) in [7, 11) is 1.56. The molecule has 4 aromatic rings. The first kappa shape index (κ1) is 25.1. The summed E-state index contributed by atoms with van der Waals surface area (Å²) in [6.07, 6.45) is 0. The highest BCUT2D eigenvalue weighted by Gasteiger charge is 2.19. The number of benzene rings is 3. The van der Waals surface area contributed by atoms with Crippen molar-refractivity contribution in [3.8, 4) is 5.75 Å². The number of ether oxygens (including phenoxy) is 1. The second-order valence-corrected chi connectivity index (χ2v) is 9.21. The minimum atomic E-state index is -0.509. The Morgan fingerprint density at radius 1 is 0.861 bits per heavy atom. The van der Waals surface area contributed by atoms with Crippen LogP contribution in [0.4, 0.5) is 5.69 Å². The number of hydrogen-bond donors (Lipinski definition) is 4. The molecule has 4 N–H and O–H groups in total. The molecule has 0 unspecified atom stereocenters. The highest BCUT2D eigenvalue weighted by molar-refractivity contribution is 7.80. The van der Waals surface area contributed by atoms with Crippen molar-refractivity contribution >= 4 is 73.8 Å². The molecule has 1 heterocycles. The van der Waals surface area contributed by atoms with Crippen LogP contribution in [0.25, 0.3) is 10.1 Å². The van der Waals surface area contributed by atoms with Crippen molar-refractivity contribution in [1.29, 1.82) is 0 Å². The molecule has 0 aliphatic rings. The van der Waals surface area contributed by atoms with Crippen molar-refractivity contribution in [1.82, 2.24) is 16.2 Å². The van der Waals surface area contributed by atoms with E-state index in [0.717, 1.165) is 10.1 Å². The van der Waals surface area contributed by atoms with Gasteiger partial charge >= 0.3 is 0 Å². The van der Waals surface area contributed by atoms with Crippen LogP contribution in [0.15, 0.2) is 72.8 Å². The van der Waals surface area contributed by atoms with Gasteiger partial charge in [0.25, 0.3) is 17.7 Å². The van der Waals surface area contributed by atoms with E-state index >= 15 is 0 Å². The first-order chi connectivity index (χ1) is 17.4. The normalized spacial score (nSPS) is 10.4.